The van der Waals surface area contributed by atoms with Crippen LogP contribution in [0.1, 0.15) is 25.3 Å². The van der Waals surface area contributed by atoms with Gasteiger partial charge in [0.1, 0.15) is 0 Å². The van der Waals surface area contributed by atoms with Gasteiger partial charge in [0.2, 0.25) is 0 Å². The fourth-order valence-corrected chi connectivity index (χ4v) is 3.69. The van der Waals surface area contributed by atoms with E-state index in [2.05, 4.69) is 22.6 Å². The number of carbonyl (C=O) groups is 1. The first-order chi connectivity index (χ1) is 9.61. The van der Waals surface area contributed by atoms with Crippen LogP contribution in [0.2, 0.25) is 5.02 Å². The van der Waals surface area contributed by atoms with Gasteiger partial charge in [-0.15, -0.1) is 0 Å². The van der Waals surface area contributed by atoms with Gasteiger partial charge in [-0.2, -0.15) is 0 Å². The van der Waals surface area contributed by atoms with Crippen molar-refractivity contribution in [1.82, 2.24) is 0 Å². The molecule has 1 aromatic carbocycles. The van der Waals surface area contributed by atoms with E-state index >= 15 is 0 Å². The molecular formula is C15H18ClIO3. The molecule has 0 aliphatic heterocycles. The summed E-state index contributed by atoms with van der Waals surface area (Å²) < 4.78 is 11.4. The number of ether oxygens (including phenoxy) is 2. The lowest BCUT2D eigenvalue weighted by Gasteiger charge is -2.15. The third kappa shape index (κ3) is 4.09. The van der Waals surface area contributed by atoms with Crippen LogP contribution in [-0.4, -0.2) is 22.6 Å². The molecule has 0 spiro atoms. The summed E-state index contributed by atoms with van der Waals surface area (Å²) in [4.78, 5) is 11.8. The van der Waals surface area contributed by atoms with Gasteiger partial charge in [0, 0.05) is 8.95 Å². The molecule has 0 radical (unpaired) electrons. The topological polar surface area (TPSA) is 35.5 Å². The third-order valence-corrected chi connectivity index (χ3v) is 5.14. The van der Waals surface area contributed by atoms with Gasteiger partial charge in [-0.3, -0.25) is 4.79 Å². The molecule has 0 saturated heterocycles. The molecular weight excluding hydrogens is 391 g/mol. The van der Waals surface area contributed by atoms with Crippen LogP contribution in [0.3, 0.4) is 0 Å². The minimum atomic E-state index is -0.0991. The highest BCUT2D eigenvalue weighted by molar-refractivity contribution is 14.1. The van der Waals surface area contributed by atoms with Crippen molar-refractivity contribution in [2.24, 2.45) is 5.92 Å². The van der Waals surface area contributed by atoms with Crippen molar-refractivity contribution in [2.75, 3.05) is 6.61 Å². The van der Waals surface area contributed by atoms with Crippen LogP contribution < -0.4 is 0 Å². The summed E-state index contributed by atoms with van der Waals surface area (Å²) in [5, 5.41) is 0.720. The Hall–Kier alpha value is -0.330. The van der Waals surface area contributed by atoms with Gasteiger partial charge in [0.25, 0.3) is 0 Å². The molecule has 1 saturated carbocycles. The lowest BCUT2D eigenvalue weighted by Crippen LogP contribution is -2.18. The van der Waals surface area contributed by atoms with Gasteiger partial charge in [0.15, 0.2) is 0 Å². The van der Waals surface area contributed by atoms with E-state index < -0.39 is 0 Å². The second-order valence-electron chi connectivity index (χ2n) is 4.88. The van der Waals surface area contributed by atoms with Crippen molar-refractivity contribution >= 4 is 40.2 Å². The molecule has 0 aromatic heterocycles. The lowest BCUT2D eigenvalue weighted by molar-refractivity contribution is -0.148. The molecule has 2 rings (SSSR count). The number of halogens is 2. The predicted molar refractivity (Wildman–Crippen MR) is 87.2 cm³/mol. The molecule has 1 fully saturated rings. The van der Waals surface area contributed by atoms with Crippen LogP contribution in [-0.2, 0) is 20.9 Å². The van der Waals surface area contributed by atoms with E-state index in [1.54, 1.807) is 0 Å². The van der Waals surface area contributed by atoms with Crippen molar-refractivity contribution in [1.29, 1.82) is 0 Å². The number of hydrogen-bond acceptors (Lipinski definition) is 3. The van der Waals surface area contributed by atoms with Crippen LogP contribution in [0.15, 0.2) is 24.3 Å². The first-order valence-electron chi connectivity index (χ1n) is 6.77. The molecule has 3 nitrogen and oxygen atoms in total. The Morgan fingerprint density at radius 2 is 2.15 bits per heavy atom. The van der Waals surface area contributed by atoms with Crippen LogP contribution in [0.4, 0.5) is 0 Å². The first kappa shape index (κ1) is 16.0. The zero-order valence-corrected chi connectivity index (χ0v) is 14.3. The summed E-state index contributed by atoms with van der Waals surface area (Å²) in [6.07, 6.45) is 1.64. The van der Waals surface area contributed by atoms with E-state index in [9.17, 15) is 4.79 Å². The second kappa shape index (κ2) is 7.61. The molecule has 0 bridgehead atoms. The zero-order valence-electron chi connectivity index (χ0n) is 11.4. The smallest absolute Gasteiger partial charge is 0.309 e. The number of hydrogen-bond donors (Lipinski definition) is 0. The summed E-state index contributed by atoms with van der Waals surface area (Å²) in [5.74, 6) is -0.133. The quantitative estimate of drug-likeness (QED) is 0.420. The Bertz CT molecular complexity index is 466. The molecule has 3 atom stereocenters. The number of rotatable bonds is 5. The number of esters is 1. The average Bonchev–Trinajstić information content (AvgIpc) is 2.80. The van der Waals surface area contributed by atoms with Crippen molar-refractivity contribution < 1.29 is 14.3 Å². The minimum absolute atomic E-state index is 0.0342. The molecule has 1 aliphatic carbocycles. The predicted octanol–water partition coefficient (Wildman–Crippen LogP) is 4.00. The highest BCUT2D eigenvalue weighted by atomic mass is 127. The van der Waals surface area contributed by atoms with Gasteiger partial charge < -0.3 is 9.47 Å². The fourth-order valence-electron chi connectivity index (χ4n) is 2.39. The van der Waals surface area contributed by atoms with Crippen LogP contribution in [0.5, 0.6) is 0 Å². The highest BCUT2D eigenvalue weighted by Gasteiger charge is 2.37. The van der Waals surface area contributed by atoms with Gasteiger partial charge in [0.05, 0.1) is 25.2 Å². The first-order valence-corrected chi connectivity index (χ1v) is 8.40. The Kier molecular flexibility index (Phi) is 6.11. The zero-order chi connectivity index (χ0) is 14.5. The van der Waals surface area contributed by atoms with Crippen LogP contribution >= 0.6 is 34.2 Å². The molecule has 20 heavy (non-hydrogen) atoms. The van der Waals surface area contributed by atoms with Gasteiger partial charge >= 0.3 is 5.97 Å². The SMILES string of the molecule is CCOC(=O)C1CC(I)C(OCc2ccccc2Cl)C1. The van der Waals surface area contributed by atoms with Crippen molar-refractivity contribution in [3.8, 4) is 0 Å². The summed E-state index contributed by atoms with van der Waals surface area (Å²) in [6, 6.07) is 7.67. The van der Waals surface area contributed by atoms with E-state index in [1.165, 1.54) is 0 Å². The normalized spacial score (nSPS) is 25.6. The van der Waals surface area contributed by atoms with Crippen molar-refractivity contribution in [3.63, 3.8) is 0 Å². The van der Waals surface area contributed by atoms with E-state index in [4.69, 9.17) is 21.1 Å². The molecule has 0 N–H and O–H groups in total. The van der Waals surface area contributed by atoms with Gasteiger partial charge in [-0.1, -0.05) is 52.4 Å². The minimum Gasteiger partial charge on any atom is -0.466 e. The monoisotopic (exact) mass is 408 g/mol. The summed E-state index contributed by atoms with van der Waals surface area (Å²) >= 11 is 8.47. The molecule has 1 aromatic rings. The summed E-state index contributed by atoms with van der Waals surface area (Å²) in [5.41, 5.74) is 0.984. The molecule has 0 heterocycles. The van der Waals surface area contributed by atoms with Crippen molar-refractivity contribution in [3.05, 3.63) is 34.9 Å². The van der Waals surface area contributed by atoms with Crippen LogP contribution in [0, 0.1) is 5.92 Å². The van der Waals surface area contributed by atoms with Crippen molar-refractivity contribution in [2.45, 2.75) is 36.4 Å². The van der Waals surface area contributed by atoms with Gasteiger partial charge in [-0.25, -0.2) is 0 Å². The highest BCUT2D eigenvalue weighted by Crippen LogP contribution is 2.35. The summed E-state index contributed by atoms with van der Waals surface area (Å²) in [7, 11) is 0. The largest absolute Gasteiger partial charge is 0.466 e. The number of carbonyl (C=O) groups excluding carboxylic acids is 1. The standard InChI is InChI=1S/C15H18ClIO3/c1-2-19-15(18)11-7-13(17)14(8-11)20-9-10-5-3-4-6-12(10)16/h3-6,11,13-14H,2,7-9H2,1H3. The van der Waals surface area contributed by atoms with E-state index in [1.807, 2.05) is 31.2 Å². The third-order valence-electron chi connectivity index (χ3n) is 3.46. The molecule has 0 amide bonds. The van der Waals surface area contributed by atoms with Crippen LogP contribution in [0.25, 0.3) is 0 Å². The summed E-state index contributed by atoms with van der Waals surface area (Å²) in [6.45, 7) is 2.76. The molecule has 110 valence electrons. The number of benzene rings is 1. The Balaban J connectivity index is 1.88. The van der Waals surface area contributed by atoms with E-state index in [0.29, 0.717) is 17.1 Å². The number of alkyl halides is 1. The molecule has 5 heteroatoms. The van der Waals surface area contributed by atoms with E-state index in [0.717, 1.165) is 23.4 Å². The maximum absolute atomic E-state index is 11.8. The Labute approximate surface area is 138 Å². The Morgan fingerprint density at radius 3 is 2.85 bits per heavy atom. The lowest BCUT2D eigenvalue weighted by atomic mass is 10.1. The second-order valence-corrected chi connectivity index (χ2v) is 6.88. The molecule has 3 unspecified atom stereocenters. The Morgan fingerprint density at radius 1 is 1.40 bits per heavy atom. The average molecular weight is 409 g/mol. The van der Waals surface area contributed by atoms with Gasteiger partial charge in [-0.05, 0) is 31.4 Å². The van der Waals surface area contributed by atoms with E-state index in [-0.39, 0.29) is 18.0 Å². The maximum Gasteiger partial charge on any atom is 0.309 e. The fraction of sp³-hybridized carbons (Fsp3) is 0.533. The molecule has 1 aliphatic rings. The maximum atomic E-state index is 11.8.